The third kappa shape index (κ3) is 2.94. The van der Waals surface area contributed by atoms with Crippen LogP contribution in [0.5, 0.6) is 0 Å². The smallest absolute Gasteiger partial charge is 0.265 e. The van der Waals surface area contributed by atoms with E-state index >= 15 is 0 Å². The Bertz CT molecular complexity index is 822. The summed E-state index contributed by atoms with van der Waals surface area (Å²) in [5.74, 6) is -0.128. The number of nitrogen functional groups attached to an aromatic ring is 1. The van der Waals surface area contributed by atoms with Gasteiger partial charge in [-0.15, -0.1) is 11.3 Å². The second kappa shape index (κ2) is 5.50. The molecule has 0 saturated heterocycles. The van der Waals surface area contributed by atoms with Crippen LogP contribution in [0.1, 0.15) is 14.5 Å². The van der Waals surface area contributed by atoms with E-state index in [9.17, 15) is 4.79 Å². The molecule has 0 aliphatic carbocycles. The lowest BCUT2D eigenvalue weighted by Crippen LogP contribution is -2.09. The summed E-state index contributed by atoms with van der Waals surface area (Å²) in [7, 11) is 0. The van der Waals surface area contributed by atoms with Crippen LogP contribution in [0.3, 0.4) is 0 Å². The molecular weight excluding hydrogens is 348 g/mol. The first-order valence-electron chi connectivity index (χ1n) is 6.39. The molecule has 0 unspecified atom stereocenters. The first kappa shape index (κ1) is 14.1. The van der Waals surface area contributed by atoms with Crippen LogP contribution in [0.4, 0.5) is 11.4 Å². The zero-order valence-corrected chi connectivity index (χ0v) is 13.7. The Morgan fingerprint density at radius 3 is 2.57 bits per heavy atom. The molecule has 0 fully saturated rings. The summed E-state index contributed by atoms with van der Waals surface area (Å²) in [5, 5.41) is 5.11. The van der Waals surface area contributed by atoms with E-state index in [0.29, 0.717) is 10.6 Å². The van der Waals surface area contributed by atoms with Crippen molar-refractivity contribution in [3.05, 3.63) is 56.7 Å². The molecule has 3 aromatic rings. The molecule has 0 aliphatic rings. The van der Waals surface area contributed by atoms with Crippen molar-refractivity contribution < 1.29 is 4.79 Å². The van der Waals surface area contributed by atoms with Gasteiger partial charge in [-0.3, -0.25) is 4.79 Å². The van der Waals surface area contributed by atoms with Gasteiger partial charge in [0.1, 0.15) is 0 Å². The molecular formula is C16H13BrN2OS. The Labute approximate surface area is 134 Å². The fraction of sp³-hybridized carbons (Fsp3) is 0.0625. The topological polar surface area (TPSA) is 55.1 Å². The van der Waals surface area contributed by atoms with Crippen molar-refractivity contribution >= 4 is 55.3 Å². The van der Waals surface area contributed by atoms with Crippen molar-refractivity contribution in [1.82, 2.24) is 0 Å². The number of rotatable bonds is 2. The lowest BCUT2D eigenvalue weighted by Gasteiger charge is -2.06. The van der Waals surface area contributed by atoms with Crippen LogP contribution in [-0.2, 0) is 0 Å². The van der Waals surface area contributed by atoms with E-state index in [1.165, 1.54) is 11.3 Å². The number of carbonyl (C=O) groups excluding carboxylic acids is 1. The average Bonchev–Trinajstić information content (AvgIpc) is 2.79. The van der Waals surface area contributed by atoms with Gasteiger partial charge >= 0.3 is 0 Å². The molecule has 0 saturated carbocycles. The highest BCUT2D eigenvalue weighted by atomic mass is 79.9. The first-order chi connectivity index (χ1) is 10.0. The van der Waals surface area contributed by atoms with Gasteiger partial charge in [0.15, 0.2) is 0 Å². The van der Waals surface area contributed by atoms with Gasteiger partial charge in [0.25, 0.3) is 5.91 Å². The second-order valence-corrected chi connectivity index (χ2v) is 6.95. The molecule has 2 aromatic carbocycles. The molecule has 21 heavy (non-hydrogen) atoms. The van der Waals surface area contributed by atoms with Crippen LogP contribution in [0, 0.1) is 6.92 Å². The standard InChI is InChI=1S/C16H13BrN2OS/c1-9-14(18)8-15(21-9)16(20)19-13-5-3-10-6-12(17)4-2-11(10)7-13/h2-8H,18H2,1H3,(H,19,20). The molecule has 0 bridgehead atoms. The molecule has 0 spiro atoms. The van der Waals surface area contributed by atoms with Crippen molar-refractivity contribution in [3.63, 3.8) is 0 Å². The Kier molecular flexibility index (Phi) is 3.69. The molecule has 0 atom stereocenters. The third-order valence-electron chi connectivity index (χ3n) is 3.24. The van der Waals surface area contributed by atoms with E-state index in [4.69, 9.17) is 5.73 Å². The summed E-state index contributed by atoms with van der Waals surface area (Å²) in [6.07, 6.45) is 0. The quantitative estimate of drug-likeness (QED) is 0.688. The third-order valence-corrected chi connectivity index (χ3v) is 4.80. The predicted molar refractivity (Wildman–Crippen MR) is 93.1 cm³/mol. The normalized spacial score (nSPS) is 10.8. The van der Waals surface area contributed by atoms with Crippen molar-refractivity contribution in [2.24, 2.45) is 0 Å². The average molecular weight is 361 g/mol. The number of thiophene rings is 1. The molecule has 1 aromatic heterocycles. The highest BCUT2D eigenvalue weighted by molar-refractivity contribution is 9.10. The largest absolute Gasteiger partial charge is 0.398 e. The minimum absolute atomic E-state index is 0.128. The maximum Gasteiger partial charge on any atom is 0.265 e. The monoisotopic (exact) mass is 360 g/mol. The van der Waals surface area contributed by atoms with Gasteiger partial charge in [-0.05, 0) is 48.0 Å². The van der Waals surface area contributed by atoms with Crippen LogP contribution in [0.2, 0.25) is 0 Å². The SMILES string of the molecule is Cc1sc(C(=O)Nc2ccc3cc(Br)ccc3c2)cc1N. The summed E-state index contributed by atoms with van der Waals surface area (Å²) in [4.78, 5) is 13.8. The predicted octanol–water partition coefficient (Wildman–Crippen LogP) is 4.81. The van der Waals surface area contributed by atoms with Gasteiger partial charge in [0, 0.05) is 20.7 Å². The van der Waals surface area contributed by atoms with Crippen LogP contribution < -0.4 is 11.1 Å². The Morgan fingerprint density at radius 1 is 1.14 bits per heavy atom. The number of nitrogens with two attached hydrogens (primary N) is 1. The minimum Gasteiger partial charge on any atom is -0.398 e. The number of benzene rings is 2. The number of halogens is 1. The van der Waals surface area contributed by atoms with Gasteiger partial charge in [-0.1, -0.05) is 28.1 Å². The van der Waals surface area contributed by atoms with Crippen molar-refractivity contribution in [1.29, 1.82) is 0 Å². The molecule has 3 N–H and O–H groups in total. The lowest BCUT2D eigenvalue weighted by atomic mass is 10.1. The van der Waals surface area contributed by atoms with Crippen molar-refractivity contribution in [3.8, 4) is 0 Å². The van der Waals surface area contributed by atoms with E-state index in [1.54, 1.807) is 6.07 Å². The molecule has 5 heteroatoms. The maximum atomic E-state index is 12.2. The van der Waals surface area contributed by atoms with Crippen LogP contribution >= 0.6 is 27.3 Å². The number of fused-ring (bicyclic) bond motifs is 1. The van der Waals surface area contributed by atoms with Gasteiger partial charge in [0.2, 0.25) is 0 Å². The van der Waals surface area contributed by atoms with E-state index < -0.39 is 0 Å². The van der Waals surface area contributed by atoms with Crippen molar-refractivity contribution in [2.75, 3.05) is 11.1 Å². The number of nitrogens with one attached hydrogen (secondary N) is 1. The number of anilines is 2. The van der Waals surface area contributed by atoms with Crippen LogP contribution in [0.15, 0.2) is 46.9 Å². The summed E-state index contributed by atoms with van der Waals surface area (Å²) in [6, 6.07) is 13.6. The lowest BCUT2D eigenvalue weighted by molar-refractivity contribution is 0.103. The van der Waals surface area contributed by atoms with Crippen LogP contribution in [0.25, 0.3) is 10.8 Å². The summed E-state index contributed by atoms with van der Waals surface area (Å²) >= 11 is 4.85. The van der Waals surface area contributed by atoms with Gasteiger partial charge in [-0.25, -0.2) is 0 Å². The number of hydrogen-bond acceptors (Lipinski definition) is 3. The Morgan fingerprint density at radius 2 is 1.86 bits per heavy atom. The molecule has 3 nitrogen and oxygen atoms in total. The van der Waals surface area contributed by atoms with E-state index in [0.717, 1.165) is 25.8 Å². The second-order valence-electron chi connectivity index (χ2n) is 4.78. The van der Waals surface area contributed by atoms with E-state index in [1.807, 2.05) is 43.3 Å². The Balaban J connectivity index is 1.87. The van der Waals surface area contributed by atoms with Gasteiger partial charge < -0.3 is 11.1 Å². The van der Waals surface area contributed by atoms with Crippen molar-refractivity contribution in [2.45, 2.75) is 6.92 Å². The highest BCUT2D eigenvalue weighted by Crippen LogP contribution is 2.26. The molecule has 0 aliphatic heterocycles. The fourth-order valence-electron chi connectivity index (χ4n) is 2.10. The number of amides is 1. The molecule has 1 heterocycles. The van der Waals surface area contributed by atoms with Crippen LogP contribution in [-0.4, -0.2) is 5.91 Å². The number of aryl methyl sites for hydroxylation is 1. The van der Waals surface area contributed by atoms with E-state index in [-0.39, 0.29) is 5.91 Å². The Hall–Kier alpha value is -1.85. The number of carbonyl (C=O) groups is 1. The maximum absolute atomic E-state index is 12.2. The van der Waals surface area contributed by atoms with Gasteiger partial charge in [0.05, 0.1) is 4.88 Å². The molecule has 0 radical (unpaired) electrons. The summed E-state index contributed by atoms with van der Waals surface area (Å²) in [6.45, 7) is 1.91. The number of hydrogen-bond donors (Lipinski definition) is 2. The summed E-state index contributed by atoms with van der Waals surface area (Å²) in [5.41, 5.74) is 7.22. The van der Waals surface area contributed by atoms with Gasteiger partial charge in [-0.2, -0.15) is 0 Å². The summed E-state index contributed by atoms with van der Waals surface area (Å²) < 4.78 is 1.04. The minimum atomic E-state index is -0.128. The molecule has 106 valence electrons. The fourth-order valence-corrected chi connectivity index (χ4v) is 3.31. The molecule has 1 amide bonds. The zero-order valence-electron chi connectivity index (χ0n) is 11.3. The molecule has 3 rings (SSSR count). The highest BCUT2D eigenvalue weighted by Gasteiger charge is 2.11. The van der Waals surface area contributed by atoms with E-state index in [2.05, 4.69) is 21.2 Å². The zero-order chi connectivity index (χ0) is 15.0. The first-order valence-corrected chi connectivity index (χ1v) is 8.00.